The second-order valence-corrected chi connectivity index (χ2v) is 8.08. The van der Waals surface area contributed by atoms with Gasteiger partial charge in [0.05, 0.1) is 6.61 Å². The molecular weight excluding hydrogens is 364 g/mol. The predicted octanol–water partition coefficient (Wildman–Crippen LogP) is 6.35. The zero-order valence-corrected chi connectivity index (χ0v) is 16.7. The third kappa shape index (κ3) is 3.76. The highest BCUT2D eigenvalue weighted by Gasteiger charge is 2.43. The molecule has 0 aromatic heterocycles. The summed E-state index contributed by atoms with van der Waals surface area (Å²) in [5, 5.41) is 2.28. The fraction of sp³-hybridized carbons (Fsp3) is 0.360. The molecule has 4 heteroatoms. The van der Waals surface area contributed by atoms with E-state index in [2.05, 4.69) is 37.3 Å². The van der Waals surface area contributed by atoms with E-state index in [-0.39, 0.29) is 12.0 Å². The van der Waals surface area contributed by atoms with Gasteiger partial charge in [0.2, 0.25) is 5.79 Å². The minimum atomic E-state index is -0.494. The number of benzene rings is 3. The Kier molecular flexibility index (Phi) is 5.00. The van der Waals surface area contributed by atoms with Gasteiger partial charge in [-0.15, -0.1) is 0 Å². The fourth-order valence-corrected chi connectivity index (χ4v) is 4.27. The Morgan fingerprint density at radius 1 is 0.931 bits per heavy atom. The smallest absolute Gasteiger partial charge is 0.201 e. The van der Waals surface area contributed by atoms with E-state index >= 15 is 0 Å². The number of hydrogen-bond acceptors (Lipinski definition) is 4. The van der Waals surface area contributed by atoms with Crippen molar-refractivity contribution in [2.75, 3.05) is 6.61 Å². The van der Waals surface area contributed by atoms with E-state index in [0.29, 0.717) is 6.61 Å². The Labute approximate surface area is 171 Å². The zero-order chi connectivity index (χ0) is 19.7. The van der Waals surface area contributed by atoms with E-state index < -0.39 is 5.79 Å². The first-order chi connectivity index (χ1) is 14.2. The lowest BCUT2D eigenvalue weighted by molar-refractivity contribution is -0.486. The first-order valence-corrected chi connectivity index (χ1v) is 10.5. The molecule has 0 radical (unpaired) electrons. The molecule has 1 saturated heterocycles. The molecule has 1 aliphatic heterocycles. The van der Waals surface area contributed by atoms with Crippen LogP contribution in [0.2, 0.25) is 0 Å². The maximum Gasteiger partial charge on any atom is 0.201 e. The molecule has 0 N–H and O–H groups in total. The van der Waals surface area contributed by atoms with Gasteiger partial charge in [0.1, 0.15) is 17.6 Å². The largest absolute Gasteiger partial charge is 0.457 e. The molecule has 3 aromatic rings. The second-order valence-electron chi connectivity index (χ2n) is 8.08. The summed E-state index contributed by atoms with van der Waals surface area (Å²) < 4.78 is 12.2. The van der Waals surface area contributed by atoms with Crippen molar-refractivity contribution in [2.45, 2.75) is 50.4 Å². The summed E-state index contributed by atoms with van der Waals surface area (Å²) in [4.78, 5) is 11.4. The van der Waals surface area contributed by atoms with Gasteiger partial charge in [0.15, 0.2) is 0 Å². The molecule has 150 valence electrons. The summed E-state index contributed by atoms with van der Waals surface area (Å²) in [6.07, 6.45) is 4.03. The molecule has 5 rings (SSSR count). The normalized spacial score (nSPS) is 22.0. The van der Waals surface area contributed by atoms with Gasteiger partial charge in [-0.2, -0.15) is 0 Å². The number of ether oxygens (including phenoxy) is 2. The van der Waals surface area contributed by atoms with Crippen molar-refractivity contribution in [2.24, 2.45) is 0 Å². The van der Waals surface area contributed by atoms with Crippen LogP contribution in [0.25, 0.3) is 10.8 Å². The standard InChI is InChI=1S/C25H26O4/c1-18(24-17-26-25(29-28-24)15-4-5-16-25)19-11-13-21(14-12-19)27-23-10-6-8-20-7-2-3-9-22(20)23/h2-3,6-14,18,24H,4-5,15-17H2,1H3/t18-,24?/m0/s1. The Balaban J connectivity index is 1.26. The molecule has 1 saturated carbocycles. The van der Waals surface area contributed by atoms with E-state index in [4.69, 9.17) is 19.2 Å². The molecule has 4 nitrogen and oxygen atoms in total. The van der Waals surface area contributed by atoms with Crippen LogP contribution in [0.15, 0.2) is 66.7 Å². The topological polar surface area (TPSA) is 36.9 Å². The lowest BCUT2D eigenvalue weighted by atomic mass is 9.95. The molecule has 3 aromatic carbocycles. The fourth-order valence-electron chi connectivity index (χ4n) is 4.27. The zero-order valence-electron chi connectivity index (χ0n) is 16.7. The van der Waals surface area contributed by atoms with Gasteiger partial charge in [-0.25, -0.2) is 9.78 Å². The van der Waals surface area contributed by atoms with Crippen molar-refractivity contribution in [3.05, 3.63) is 72.3 Å². The molecule has 0 amide bonds. The van der Waals surface area contributed by atoms with Crippen LogP contribution in [-0.2, 0) is 14.5 Å². The van der Waals surface area contributed by atoms with Crippen LogP contribution in [0.4, 0.5) is 0 Å². The highest BCUT2D eigenvalue weighted by atomic mass is 17.2. The summed E-state index contributed by atoms with van der Waals surface area (Å²) in [6, 6.07) is 22.6. The maximum atomic E-state index is 6.15. The lowest BCUT2D eigenvalue weighted by Gasteiger charge is -2.38. The van der Waals surface area contributed by atoms with Gasteiger partial charge in [-0.1, -0.05) is 55.5 Å². The molecule has 0 bridgehead atoms. The first kappa shape index (κ1) is 18.6. The van der Waals surface area contributed by atoms with Crippen LogP contribution in [0.5, 0.6) is 11.5 Å². The molecule has 29 heavy (non-hydrogen) atoms. The Bertz CT molecular complexity index is 960. The molecule has 1 aliphatic carbocycles. The highest BCUT2D eigenvalue weighted by Crippen LogP contribution is 2.39. The molecule has 1 heterocycles. The molecule has 1 unspecified atom stereocenters. The monoisotopic (exact) mass is 390 g/mol. The van der Waals surface area contributed by atoms with Crippen LogP contribution in [0, 0.1) is 0 Å². The SMILES string of the molecule is C[C@@H](c1ccc(Oc2cccc3ccccc23)cc1)C1COC2(CCCC2)OO1. The van der Waals surface area contributed by atoms with Crippen molar-refractivity contribution in [1.29, 1.82) is 0 Å². The van der Waals surface area contributed by atoms with Crippen LogP contribution in [-0.4, -0.2) is 18.5 Å². The van der Waals surface area contributed by atoms with Crippen molar-refractivity contribution >= 4 is 10.8 Å². The molecule has 1 spiro atoms. The quantitative estimate of drug-likeness (QED) is 0.486. The van der Waals surface area contributed by atoms with E-state index in [1.54, 1.807) is 0 Å². The number of rotatable bonds is 4. The Morgan fingerprint density at radius 3 is 2.45 bits per heavy atom. The number of hydrogen-bond donors (Lipinski definition) is 0. The van der Waals surface area contributed by atoms with Gasteiger partial charge in [-0.05, 0) is 42.0 Å². The molecular formula is C25H26O4. The van der Waals surface area contributed by atoms with Crippen LogP contribution in [0.3, 0.4) is 0 Å². The van der Waals surface area contributed by atoms with Gasteiger partial charge in [0, 0.05) is 24.1 Å². The van der Waals surface area contributed by atoms with Crippen LogP contribution < -0.4 is 4.74 Å². The minimum Gasteiger partial charge on any atom is -0.457 e. The highest BCUT2D eigenvalue weighted by molar-refractivity contribution is 5.88. The number of fused-ring (bicyclic) bond motifs is 1. The minimum absolute atomic E-state index is 0.105. The Hall–Kier alpha value is -2.40. The molecule has 2 fully saturated rings. The van der Waals surface area contributed by atoms with Crippen molar-refractivity contribution in [1.82, 2.24) is 0 Å². The van der Waals surface area contributed by atoms with Crippen molar-refractivity contribution < 1.29 is 19.2 Å². The molecule has 2 atom stereocenters. The Morgan fingerprint density at radius 2 is 1.69 bits per heavy atom. The van der Waals surface area contributed by atoms with Gasteiger partial charge < -0.3 is 9.47 Å². The maximum absolute atomic E-state index is 6.15. The van der Waals surface area contributed by atoms with Crippen LogP contribution in [0.1, 0.15) is 44.1 Å². The van der Waals surface area contributed by atoms with E-state index in [9.17, 15) is 0 Å². The summed E-state index contributed by atoms with van der Waals surface area (Å²) >= 11 is 0. The van der Waals surface area contributed by atoms with Gasteiger partial charge in [-0.3, -0.25) is 0 Å². The summed E-state index contributed by atoms with van der Waals surface area (Å²) in [5.41, 5.74) is 1.18. The van der Waals surface area contributed by atoms with Gasteiger partial charge in [0.25, 0.3) is 0 Å². The van der Waals surface area contributed by atoms with Crippen molar-refractivity contribution in [3.8, 4) is 11.5 Å². The third-order valence-corrected chi connectivity index (χ3v) is 6.14. The summed E-state index contributed by atoms with van der Waals surface area (Å²) in [5.74, 6) is 1.36. The van der Waals surface area contributed by atoms with Crippen LogP contribution >= 0.6 is 0 Å². The average molecular weight is 390 g/mol. The summed E-state index contributed by atoms with van der Waals surface area (Å²) in [6.45, 7) is 2.71. The second kappa shape index (κ2) is 7.79. The third-order valence-electron chi connectivity index (χ3n) is 6.14. The summed E-state index contributed by atoms with van der Waals surface area (Å²) in [7, 11) is 0. The lowest BCUT2D eigenvalue weighted by Crippen LogP contribution is -2.44. The predicted molar refractivity (Wildman–Crippen MR) is 112 cm³/mol. The van der Waals surface area contributed by atoms with E-state index in [1.807, 2.05) is 36.4 Å². The van der Waals surface area contributed by atoms with Crippen molar-refractivity contribution in [3.63, 3.8) is 0 Å². The van der Waals surface area contributed by atoms with Gasteiger partial charge >= 0.3 is 0 Å². The first-order valence-electron chi connectivity index (χ1n) is 10.5. The van der Waals surface area contributed by atoms with E-state index in [0.717, 1.165) is 42.6 Å². The average Bonchev–Trinajstić information content (AvgIpc) is 3.22. The molecule has 2 aliphatic rings. The van der Waals surface area contributed by atoms with E-state index in [1.165, 1.54) is 10.9 Å².